The predicted molar refractivity (Wildman–Crippen MR) is 100 cm³/mol. The van der Waals surface area contributed by atoms with Crippen LogP contribution in [0.25, 0.3) is 6.08 Å². The van der Waals surface area contributed by atoms with Crippen LogP contribution >= 0.6 is 12.2 Å². The van der Waals surface area contributed by atoms with Crippen molar-refractivity contribution < 1.29 is 9.47 Å². The van der Waals surface area contributed by atoms with Crippen molar-refractivity contribution in [1.82, 2.24) is 0 Å². The van der Waals surface area contributed by atoms with E-state index < -0.39 is 0 Å². The van der Waals surface area contributed by atoms with E-state index in [1.165, 1.54) is 5.56 Å². The van der Waals surface area contributed by atoms with Gasteiger partial charge in [-0.05, 0) is 49.3 Å². The van der Waals surface area contributed by atoms with Crippen molar-refractivity contribution >= 4 is 29.2 Å². The zero-order chi connectivity index (χ0) is 16.8. The van der Waals surface area contributed by atoms with Crippen LogP contribution in [0.2, 0.25) is 0 Å². The molecule has 0 spiro atoms. The molecule has 0 amide bonds. The number of thiocarbonyl (C=S) groups is 1. The third-order valence-corrected chi connectivity index (χ3v) is 3.77. The SMILES string of the molecule is C=Cc1ccc(COc2ccc(C)cc2C)c(NC(=S)OC)c1. The first-order valence-corrected chi connectivity index (χ1v) is 7.74. The molecule has 0 aliphatic heterocycles. The van der Waals surface area contributed by atoms with Gasteiger partial charge in [-0.2, -0.15) is 0 Å². The van der Waals surface area contributed by atoms with Crippen LogP contribution in [-0.4, -0.2) is 12.3 Å². The Morgan fingerprint density at radius 1 is 1.22 bits per heavy atom. The van der Waals surface area contributed by atoms with E-state index in [1.54, 1.807) is 13.2 Å². The van der Waals surface area contributed by atoms with Crippen molar-refractivity contribution in [2.45, 2.75) is 20.5 Å². The molecule has 0 fully saturated rings. The number of nitrogens with one attached hydrogen (secondary N) is 1. The van der Waals surface area contributed by atoms with Gasteiger partial charge < -0.3 is 14.8 Å². The number of aryl methyl sites for hydroxylation is 2. The lowest BCUT2D eigenvalue weighted by Gasteiger charge is -2.15. The zero-order valence-electron chi connectivity index (χ0n) is 13.7. The quantitative estimate of drug-likeness (QED) is 0.794. The molecule has 0 aliphatic carbocycles. The van der Waals surface area contributed by atoms with E-state index in [-0.39, 0.29) is 0 Å². The van der Waals surface area contributed by atoms with Gasteiger partial charge in [-0.3, -0.25) is 0 Å². The molecular formula is C19H21NO2S. The Balaban J connectivity index is 2.20. The highest BCUT2D eigenvalue weighted by Gasteiger charge is 2.08. The summed E-state index contributed by atoms with van der Waals surface area (Å²) in [6.45, 7) is 8.34. The standard InChI is InChI=1S/C19H21NO2S/c1-5-15-7-8-16(17(11-15)20-19(23)21-4)12-22-18-9-6-13(2)10-14(18)3/h5-11H,1,12H2,2-4H3,(H,20,23). The second kappa shape index (κ2) is 7.79. The molecular weight excluding hydrogens is 306 g/mol. The Labute approximate surface area is 142 Å². The monoisotopic (exact) mass is 327 g/mol. The average molecular weight is 327 g/mol. The minimum Gasteiger partial charge on any atom is -0.489 e. The summed E-state index contributed by atoms with van der Waals surface area (Å²) < 4.78 is 11.0. The summed E-state index contributed by atoms with van der Waals surface area (Å²) in [5, 5.41) is 3.39. The van der Waals surface area contributed by atoms with Crippen LogP contribution in [0.5, 0.6) is 5.75 Å². The van der Waals surface area contributed by atoms with Crippen LogP contribution in [0.4, 0.5) is 5.69 Å². The number of hydrogen-bond acceptors (Lipinski definition) is 3. The molecule has 0 bridgehead atoms. The highest BCUT2D eigenvalue weighted by Crippen LogP contribution is 2.24. The number of rotatable bonds is 5. The van der Waals surface area contributed by atoms with Crippen LogP contribution in [0, 0.1) is 13.8 Å². The number of benzene rings is 2. The fraction of sp³-hybridized carbons (Fsp3) is 0.211. The fourth-order valence-electron chi connectivity index (χ4n) is 2.24. The second-order valence-corrected chi connectivity index (χ2v) is 5.67. The van der Waals surface area contributed by atoms with Crippen molar-refractivity contribution in [3.63, 3.8) is 0 Å². The van der Waals surface area contributed by atoms with Crippen molar-refractivity contribution in [3.8, 4) is 5.75 Å². The third kappa shape index (κ3) is 4.57. The Bertz CT molecular complexity index is 725. The van der Waals surface area contributed by atoms with Crippen molar-refractivity contribution in [3.05, 3.63) is 65.2 Å². The van der Waals surface area contributed by atoms with E-state index in [2.05, 4.69) is 24.9 Å². The lowest BCUT2D eigenvalue weighted by atomic mass is 10.1. The van der Waals surface area contributed by atoms with Crippen LogP contribution in [-0.2, 0) is 11.3 Å². The molecule has 0 heterocycles. The van der Waals surface area contributed by atoms with Crippen LogP contribution in [0.3, 0.4) is 0 Å². The summed E-state index contributed by atoms with van der Waals surface area (Å²) in [5.74, 6) is 0.878. The van der Waals surface area contributed by atoms with E-state index in [4.69, 9.17) is 21.7 Å². The molecule has 2 aromatic rings. The topological polar surface area (TPSA) is 30.5 Å². The average Bonchev–Trinajstić information content (AvgIpc) is 2.54. The molecule has 0 unspecified atom stereocenters. The number of anilines is 1. The smallest absolute Gasteiger partial charge is 0.260 e. The maximum Gasteiger partial charge on any atom is 0.260 e. The van der Waals surface area contributed by atoms with Gasteiger partial charge in [-0.25, -0.2) is 0 Å². The van der Waals surface area contributed by atoms with Crippen molar-refractivity contribution in [2.75, 3.05) is 12.4 Å². The number of methoxy groups -OCH3 is 1. The third-order valence-electron chi connectivity index (χ3n) is 3.51. The molecule has 0 radical (unpaired) electrons. The molecule has 0 saturated carbocycles. The van der Waals surface area contributed by atoms with Gasteiger partial charge in [0, 0.05) is 11.3 Å². The van der Waals surface area contributed by atoms with Gasteiger partial charge in [-0.15, -0.1) is 0 Å². The van der Waals surface area contributed by atoms with Gasteiger partial charge in [0.1, 0.15) is 12.4 Å². The lowest BCUT2D eigenvalue weighted by molar-refractivity contribution is 0.304. The second-order valence-electron chi connectivity index (χ2n) is 5.29. The van der Waals surface area contributed by atoms with Gasteiger partial charge in [-0.1, -0.05) is 42.5 Å². The lowest BCUT2D eigenvalue weighted by Crippen LogP contribution is -2.13. The van der Waals surface area contributed by atoms with E-state index in [9.17, 15) is 0 Å². The predicted octanol–water partition coefficient (Wildman–Crippen LogP) is 4.87. The highest BCUT2D eigenvalue weighted by atomic mass is 32.1. The maximum atomic E-state index is 5.96. The molecule has 4 heteroatoms. The van der Waals surface area contributed by atoms with Crippen LogP contribution < -0.4 is 10.1 Å². The number of ether oxygens (including phenoxy) is 2. The first-order chi connectivity index (χ1) is 11.0. The Kier molecular flexibility index (Phi) is 5.77. The first-order valence-electron chi connectivity index (χ1n) is 7.34. The van der Waals surface area contributed by atoms with Gasteiger partial charge in [0.2, 0.25) is 0 Å². The van der Waals surface area contributed by atoms with E-state index in [0.29, 0.717) is 11.8 Å². The first kappa shape index (κ1) is 17.0. The van der Waals surface area contributed by atoms with E-state index in [1.807, 2.05) is 37.3 Å². The summed E-state index contributed by atoms with van der Waals surface area (Å²) in [7, 11) is 1.54. The van der Waals surface area contributed by atoms with Crippen LogP contribution in [0.1, 0.15) is 22.3 Å². The van der Waals surface area contributed by atoms with E-state index in [0.717, 1.165) is 28.1 Å². The molecule has 2 rings (SSSR count). The number of hydrogen-bond donors (Lipinski definition) is 1. The zero-order valence-corrected chi connectivity index (χ0v) is 14.5. The van der Waals surface area contributed by atoms with Gasteiger partial charge in [0.25, 0.3) is 5.17 Å². The summed E-state index contributed by atoms with van der Waals surface area (Å²) in [4.78, 5) is 0. The fourth-order valence-corrected chi connectivity index (χ4v) is 2.35. The summed E-state index contributed by atoms with van der Waals surface area (Å²) >= 11 is 5.09. The minimum absolute atomic E-state index is 0.318. The Morgan fingerprint density at radius 2 is 2.00 bits per heavy atom. The van der Waals surface area contributed by atoms with Crippen molar-refractivity contribution in [2.24, 2.45) is 0 Å². The molecule has 2 aromatic carbocycles. The minimum atomic E-state index is 0.318. The summed E-state index contributed by atoms with van der Waals surface area (Å²) in [5.41, 5.74) is 5.20. The molecule has 0 atom stereocenters. The van der Waals surface area contributed by atoms with Crippen molar-refractivity contribution in [1.29, 1.82) is 0 Å². The molecule has 0 aromatic heterocycles. The normalized spacial score (nSPS) is 10.0. The van der Waals surface area contributed by atoms with Gasteiger partial charge in [0.15, 0.2) is 0 Å². The highest BCUT2D eigenvalue weighted by molar-refractivity contribution is 7.80. The molecule has 3 nitrogen and oxygen atoms in total. The summed E-state index contributed by atoms with van der Waals surface area (Å²) in [6.07, 6.45) is 1.79. The summed E-state index contributed by atoms with van der Waals surface area (Å²) in [6, 6.07) is 12.1. The van der Waals surface area contributed by atoms with Crippen LogP contribution in [0.15, 0.2) is 43.0 Å². The molecule has 23 heavy (non-hydrogen) atoms. The van der Waals surface area contributed by atoms with Gasteiger partial charge in [0.05, 0.1) is 7.11 Å². The molecule has 0 saturated heterocycles. The largest absolute Gasteiger partial charge is 0.489 e. The molecule has 120 valence electrons. The Morgan fingerprint density at radius 3 is 2.65 bits per heavy atom. The maximum absolute atomic E-state index is 5.96. The van der Waals surface area contributed by atoms with Gasteiger partial charge >= 0.3 is 0 Å². The van der Waals surface area contributed by atoms with E-state index >= 15 is 0 Å². The molecule has 1 N–H and O–H groups in total. The molecule has 0 aliphatic rings. The Hall–Kier alpha value is -2.33.